The minimum atomic E-state index is -3.45. The zero-order chi connectivity index (χ0) is 17.2. The number of aliphatic hydroxyl groups excluding tert-OH is 1. The van der Waals surface area contributed by atoms with Crippen LogP contribution in [0, 0.1) is 5.92 Å². The van der Waals surface area contributed by atoms with E-state index in [4.69, 9.17) is 0 Å². The molecular formula is C17H25ClN2O4S. The van der Waals surface area contributed by atoms with Crippen molar-refractivity contribution in [1.82, 2.24) is 10.6 Å². The van der Waals surface area contributed by atoms with Crippen molar-refractivity contribution in [2.75, 3.05) is 25.4 Å². The average Bonchev–Trinajstić information content (AvgIpc) is 3.18. The van der Waals surface area contributed by atoms with E-state index in [1.165, 1.54) is 5.56 Å². The summed E-state index contributed by atoms with van der Waals surface area (Å²) in [4.78, 5) is 12.2. The van der Waals surface area contributed by atoms with Gasteiger partial charge in [-0.05, 0) is 42.5 Å². The molecule has 0 radical (unpaired) electrons. The number of hydrogen-bond donors (Lipinski definition) is 3. The number of halogens is 1. The molecule has 1 heterocycles. The Morgan fingerprint density at radius 3 is 2.72 bits per heavy atom. The van der Waals surface area contributed by atoms with Crippen LogP contribution in [0.2, 0.25) is 0 Å². The highest BCUT2D eigenvalue weighted by atomic mass is 35.5. The lowest BCUT2D eigenvalue weighted by Crippen LogP contribution is -2.35. The van der Waals surface area contributed by atoms with E-state index in [1.54, 1.807) is 12.1 Å². The number of amides is 1. The molecular weight excluding hydrogens is 364 g/mol. The maximum atomic E-state index is 12.4. The third-order valence-corrected chi connectivity index (χ3v) is 6.61. The fourth-order valence-electron chi connectivity index (χ4n) is 3.35. The summed E-state index contributed by atoms with van der Waals surface area (Å²) in [6.07, 6.45) is 2.50. The number of β-amino-alcohol motifs (C(OH)–C–C–N with tert-alkyl or cyclic N) is 1. The summed E-state index contributed by atoms with van der Waals surface area (Å²) in [5.74, 6) is -0.496. The highest BCUT2D eigenvalue weighted by Crippen LogP contribution is 2.25. The van der Waals surface area contributed by atoms with Gasteiger partial charge in [-0.3, -0.25) is 4.79 Å². The van der Waals surface area contributed by atoms with Gasteiger partial charge in [0, 0.05) is 32.0 Å². The van der Waals surface area contributed by atoms with Gasteiger partial charge in [-0.1, -0.05) is 6.07 Å². The van der Waals surface area contributed by atoms with Crippen molar-refractivity contribution in [3.63, 3.8) is 0 Å². The average molecular weight is 389 g/mol. The summed E-state index contributed by atoms with van der Waals surface area (Å²) in [7, 11) is -3.45. The van der Waals surface area contributed by atoms with Crippen molar-refractivity contribution >= 4 is 28.2 Å². The summed E-state index contributed by atoms with van der Waals surface area (Å²) in [5, 5.41) is 15.4. The molecule has 1 aromatic carbocycles. The molecule has 3 N–H and O–H groups in total. The van der Waals surface area contributed by atoms with Crippen molar-refractivity contribution in [1.29, 1.82) is 0 Å². The number of aryl methyl sites for hydroxylation is 2. The molecule has 3 rings (SSSR count). The van der Waals surface area contributed by atoms with Crippen LogP contribution in [0.3, 0.4) is 0 Å². The lowest BCUT2D eigenvalue weighted by Gasteiger charge is -2.14. The van der Waals surface area contributed by atoms with E-state index in [-0.39, 0.29) is 36.4 Å². The van der Waals surface area contributed by atoms with Crippen molar-refractivity contribution in [3.05, 3.63) is 29.3 Å². The van der Waals surface area contributed by atoms with Gasteiger partial charge in [0.15, 0.2) is 9.84 Å². The summed E-state index contributed by atoms with van der Waals surface area (Å²) in [6.45, 7) is 1.56. The molecule has 1 fully saturated rings. The minimum Gasteiger partial charge on any atom is -0.391 e. The van der Waals surface area contributed by atoms with Gasteiger partial charge in [-0.2, -0.15) is 0 Å². The number of rotatable bonds is 6. The lowest BCUT2D eigenvalue weighted by atomic mass is 10.1. The predicted octanol–water partition coefficient (Wildman–Crippen LogP) is 0.457. The molecule has 1 amide bonds. The molecule has 1 saturated heterocycles. The van der Waals surface area contributed by atoms with E-state index in [2.05, 4.69) is 10.6 Å². The third-order valence-electron chi connectivity index (χ3n) is 4.89. The lowest BCUT2D eigenvalue weighted by molar-refractivity contribution is -0.120. The SMILES string of the molecule is Cl.O=C(CCS(=O)(=O)c1ccc2c(c1)CCC2)NCC1CNCC1O. The molecule has 1 aliphatic carbocycles. The number of hydrogen-bond acceptors (Lipinski definition) is 5. The number of carbonyl (C=O) groups excluding carboxylic acids is 1. The minimum absolute atomic E-state index is 0. The Kier molecular flexibility index (Phi) is 6.85. The Balaban J connectivity index is 0.00000225. The first-order chi connectivity index (χ1) is 11.5. The van der Waals surface area contributed by atoms with Crippen LogP contribution in [0.25, 0.3) is 0 Å². The zero-order valence-corrected chi connectivity index (χ0v) is 15.7. The number of carbonyl (C=O) groups is 1. The van der Waals surface area contributed by atoms with E-state index in [9.17, 15) is 18.3 Å². The molecule has 2 atom stereocenters. The van der Waals surface area contributed by atoms with E-state index in [0.29, 0.717) is 24.5 Å². The van der Waals surface area contributed by atoms with Crippen molar-refractivity contribution in [2.24, 2.45) is 5.92 Å². The molecule has 2 aliphatic rings. The van der Waals surface area contributed by atoms with Crippen molar-refractivity contribution < 1.29 is 18.3 Å². The normalized spacial score (nSPS) is 22.3. The standard InChI is InChI=1S/C17H24N2O4S.ClH/c20-16-11-18-9-14(16)10-19-17(21)6-7-24(22,23)15-5-4-12-2-1-3-13(12)8-15;/h4-5,8,14,16,18,20H,1-3,6-7,9-11H2,(H,19,21);1H. The van der Waals surface area contributed by atoms with E-state index < -0.39 is 15.9 Å². The molecule has 25 heavy (non-hydrogen) atoms. The van der Waals surface area contributed by atoms with Crippen molar-refractivity contribution in [3.8, 4) is 0 Å². The second-order valence-electron chi connectivity index (χ2n) is 6.64. The van der Waals surface area contributed by atoms with Gasteiger partial charge >= 0.3 is 0 Å². The summed E-state index contributed by atoms with van der Waals surface area (Å²) in [6, 6.07) is 5.30. The van der Waals surface area contributed by atoms with Gasteiger partial charge in [0.25, 0.3) is 0 Å². The van der Waals surface area contributed by atoms with Crippen molar-refractivity contribution in [2.45, 2.75) is 36.7 Å². The summed E-state index contributed by atoms with van der Waals surface area (Å²) < 4.78 is 24.8. The molecule has 0 spiro atoms. The highest BCUT2D eigenvalue weighted by Gasteiger charge is 2.25. The van der Waals surface area contributed by atoms with E-state index >= 15 is 0 Å². The van der Waals surface area contributed by atoms with Gasteiger partial charge in [0.1, 0.15) is 0 Å². The van der Waals surface area contributed by atoms with Crippen LogP contribution in [0.15, 0.2) is 23.1 Å². The van der Waals surface area contributed by atoms with Crippen LogP contribution >= 0.6 is 12.4 Å². The molecule has 8 heteroatoms. The van der Waals surface area contributed by atoms with Gasteiger partial charge in [-0.25, -0.2) is 8.42 Å². The highest BCUT2D eigenvalue weighted by molar-refractivity contribution is 7.91. The Labute approximate surface area is 154 Å². The molecule has 1 aromatic rings. The van der Waals surface area contributed by atoms with Gasteiger partial charge in [0.05, 0.1) is 16.8 Å². The van der Waals surface area contributed by atoms with Crippen LogP contribution in [-0.4, -0.2) is 50.9 Å². The molecule has 140 valence electrons. The topological polar surface area (TPSA) is 95.5 Å². The van der Waals surface area contributed by atoms with E-state index in [1.807, 2.05) is 6.07 Å². The maximum Gasteiger partial charge on any atom is 0.221 e. The molecule has 0 bridgehead atoms. The Morgan fingerprint density at radius 2 is 2.00 bits per heavy atom. The fourth-order valence-corrected chi connectivity index (χ4v) is 4.63. The first-order valence-electron chi connectivity index (χ1n) is 8.46. The number of aliphatic hydroxyl groups is 1. The zero-order valence-electron chi connectivity index (χ0n) is 14.0. The molecule has 0 aromatic heterocycles. The van der Waals surface area contributed by atoms with Crippen LogP contribution in [-0.2, 0) is 27.5 Å². The van der Waals surface area contributed by atoms with Crippen LogP contribution < -0.4 is 10.6 Å². The summed E-state index contributed by atoms with van der Waals surface area (Å²) >= 11 is 0. The monoisotopic (exact) mass is 388 g/mol. The quantitative estimate of drug-likeness (QED) is 0.658. The van der Waals surface area contributed by atoms with Crippen LogP contribution in [0.5, 0.6) is 0 Å². The Bertz CT molecular complexity index is 723. The largest absolute Gasteiger partial charge is 0.391 e. The predicted molar refractivity (Wildman–Crippen MR) is 97.8 cm³/mol. The number of nitrogens with one attached hydrogen (secondary N) is 2. The summed E-state index contributed by atoms with van der Waals surface area (Å²) in [5.41, 5.74) is 2.35. The van der Waals surface area contributed by atoms with Gasteiger partial charge in [-0.15, -0.1) is 12.4 Å². The second kappa shape index (κ2) is 8.49. The molecule has 0 saturated carbocycles. The number of fused-ring (bicyclic) bond motifs is 1. The van der Waals surface area contributed by atoms with Crippen LogP contribution in [0.1, 0.15) is 24.0 Å². The van der Waals surface area contributed by atoms with Crippen LogP contribution in [0.4, 0.5) is 0 Å². The fraction of sp³-hybridized carbons (Fsp3) is 0.588. The smallest absolute Gasteiger partial charge is 0.221 e. The Morgan fingerprint density at radius 1 is 1.24 bits per heavy atom. The Hall–Kier alpha value is -1.15. The molecule has 1 aliphatic heterocycles. The number of sulfone groups is 1. The first kappa shape index (κ1) is 20.2. The number of benzene rings is 1. The van der Waals surface area contributed by atoms with Gasteiger partial charge in [0.2, 0.25) is 5.91 Å². The molecule has 6 nitrogen and oxygen atoms in total. The molecule has 2 unspecified atom stereocenters. The first-order valence-corrected chi connectivity index (χ1v) is 10.1. The maximum absolute atomic E-state index is 12.4. The second-order valence-corrected chi connectivity index (χ2v) is 8.75. The van der Waals surface area contributed by atoms with Gasteiger partial charge < -0.3 is 15.7 Å². The third kappa shape index (κ3) is 4.94. The van der Waals surface area contributed by atoms with E-state index in [0.717, 1.165) is 24.8 Å².